The number of aromatic nitrogens is 1. The molecule has 0 spiro atoms. The summed E-state index contributed by atoms with van der Waals surface area (Å²) in [6.07, 6.45) is 5.71. The van der Waals surface area contributed by atoms with Gasteiger partial charge in [0.2, 0.25) is 11.8 Å². The molecule has 0 unspecified atom stereocenters. The molecule has 10 nitrogen and oxygen atoms in total. The molecule has 232 valence electrons. The van der Waals surface area contributed by atoms with E-state index in [0.717, 1.165) is 40.6 Å². The van der Waals surface area contributed by atoms with Gasteiger partial charge in [-0.05, 0) is 55.2 Å². The maximum Gasteiger partial charge on any atom is 0.262 e. The number of imide groups is 1. The topological polar surface area (TPSA) is 121 Å². The summed E-state index contributed by atoms with van der Waals surface area (Å²) < 4.78 is 10.9. The van der Waals surface area contributed by atoms with Gasteiger partial charge in [0.1, 0.15) is 23.6 Å². The van der Waals surface area contributed by atoms with Crippen molar-refractivity contribution in [2.75, 3.05) is 32.6 Å². The van der Waals surface area contributed by atoms with E-state index in [9.17, 15) is 19.2 Å². The van der Waals surface area contributed by atoms with Gasteiger partial charge in [0.15, 0.2) is 0 Å². The fraction of sp³-hybridized carbons (Fsp3) is 0.314. The molecule has 2 aliphatic rings. The maximum atomic E-state index is 14.4. The molecule has 6 rings (SSSR count). The number of para-hydroxylation sites is 1. The van der Waals surface area contributed by atoms with Crippen molar-refractivity contribution in [2.24, 2.45) is 0 Å². The molecule has 0 atom stereocenters. The van der Waals surface area contributed by atoms with Crippen molar-refractivity contribution in [3.05, 3.63) is 89.6 Å². The van der Waals surface area contributed by atoms with Crippen molar-refractivity contribution in [1.29, 1.82) is 0 Å². The minimum Gasteiger partial charge on any atom is -0.497 e. The number of hydrogen-bond donors (Lipinski definition) is 2. The number of anilines is 1. The Balaban J connectivity index is 1.35. The van der Waals surface area contributed by atoms with Gasteiger partial charge in [-0.25, -0.2) is 0 Å². The monoisotopic (exact) mass is 608 g/mol. The lowest BCUT2D eigenvalue weighted by atomic mass is 9.78. The van der Waals surface area contributed by atoms with Crippen molar-refractivity contribution in [3.8, 4) is 11.5 Å². The first kappa shape index (κ1) is 29.9. The first-order chi connectivity index (χ1) is 21.9. The standard InChI is InChI=1S/C35H36N4O6/c1-44-24-14-15-29(30(20-24)45-2)37-34(43)35(17-8-3-9-18-35)39(19-16-23-21-36-28-13-7-6-10-25(23)28)31(40)22-38-32(41)26-11-4-5-12-27(26)33(38)42/h4-7,10-15,20-21,36H,3,8-9,16-19,22H2,1-2H3,(H,37,43). The molecule has 4 amide bonds. The Hall–Kier alpha value is -5.12. The van der Waals surface area contributed by atoms with Gasteiger partial charge >= 0.3 is 0 Å². The second-order valence-corrected chi connectivity index (χ2v) is 11.5. The Morgan fingerprint density at radius 3 is 2.29 bits per heavy atom. The average Bonchev–Trinajstić information content (AvgIpc) is 3.59. The van der Waals surface area contributed by atoms with Crippen molar-refractivity contribution in [1.82, 2.24) is 14.8 Å². The summed E-state index contributed by atoms with van der Waals surface area (Å²) in [7, 11) is 3.07. The molecule has 3 aromatic carbocycles. The largest absolute Gasteiger partial charge is 0.497 e. The van der Waals surface area contributed by atoms with E-state index in [1.165, 1.54) is 7.11 Å². The lowest BCUT2D eigenvalue weighted by Crippen LogP contribution is -2.62. The van der Waals surface area contributed by atoms with E-state index >= 15 is 0 Å². The van der Waals surface area contributed by atoms with Gasteiger partial charge in [-0.15, -0.1) is 0 Å². The fourth-order valence-corrected chi connectivity index (χ4v) is 6.65. The van der Waals surface area contributed by atoms with Crippen molar-refractivity contribution in [2.45, 2.75) is 44.1 Å². The van der Waals surface area contributed by atoms with Crippen LogP contribution in [0.25, 0.3) is 10.9 Å². The lowest BCUT2D eigenvalue weighted by Gasteiger charge is -2.45. The Kier molecular flexibility index (Phi) is 8.30. The molecule has 0 saturated heterocycles. The van der Waals surface area contributed by atoms with Gasteiger partial charge in [0.25, 0.3) is 11.8 Å². The van der Waals surface area contributed by atoms with Gasteiger partial charge in [0, 0.05) is 29.7 Å². The average molecular weight is 609 g/mol. The molecule has 45 heavy (non-hydrogen) atoms. The van der Waals surface area contributed by atoms with E-state index in [-0.39, 0.29) is 23.6 Å². The molecule has 1 fully saturated rings. The smallest absolute Gasteiger partial charge is 0.262 e. The normalized spacial score (nSPS) is 15.6. The third kappa shape index (κ3) is 5.52. The van der Waals surface area contributed by atoms with Crippen LogP contribution in [-0.4, -0.2) is 71.3 Å². The summed E-state index contributed by atoms with van der Waals surface area (Å²) >= 11 is 0. The number of hydrogen-bond acceptors (Lipinski definition) is 6. The number of rotatable bonds is 10. The minimum atomic E-state index is -1.20. The van der Waals surface area contributed by atoms with Crippen molar-refractivity contribution < 1.29 is 28.7 Å². The van der Waals surface area contributed by atoms with Crippen LogP contribution in [0.1, 0.15) is 58.4 Å². The Morgan fingerprint density at radius 2 is 1.60 bits per heavy atom. The molecule has 4 aromatic rings. The summed E-state index contributed by atoms with van der Waals surface area (Å²) in [6, 6.07) is 19.6. The SMILES string of the molecule is COc1ccc(NC(=O)C2(N(CCc3c[nH]c4ccccc34)C(=O)CN3C(=O)c4ccccc4C3=O)CCCCC2)c(OC)c1. The van der Waals surface area contributed by atoms with Gasteiger partial charge in [-0.2, -0.15) is 0 Å². The van der Waals surface area contributed by atoms with Gasteiger partial charge in [0.05, 0.1) is 31.0 Å². The lowest BCUT2D eigenvalue weighted by molar-refractivity contribution is -0.148. The van der Waals surface area contributed by atoms with E-state index in [1.807, 2.05) is 30.5 Å². The molecule has 1 aliphatic heterocycles. The quantitative estimate of drug-likeness (QED) is 0.239. The van der Waals surface area contributed by atoms with E-state index in [4.69, 9.17) is 9.47 Å². The molecular formula is C35H36N4O6. The van der Waals surface area contributed by atoms with Crippen LogP contribution in [0.4, 0.5) is 5.69 Å². The van der Waals surface area contributed by atoms with E-state index in [1.54, 1.807) is 54.5 Å². The highest BCUT2D eigenvalue weighted by atomic mass is 16.5. The molecule has 10 heteroatoms. The van der Waals surface area contributed by atoms with Crippen LogP contribution in [0, 0.1) is 0 Å². The van der Waals surface area contributed by atoms with Gasteiger partial charge in [-0.1, -0.05) is 49.6 Å². The third-order valence-corrected chi connectivity index (χ3v) is 9.03. The van der Waals surface area contributed by atoms with Crippen LogP contribution in [-0.2, 0) is 16.0 Å². The first-order valence-corrected chi connectivity index (χ1v) is 15.2. The van der Waals surface area contributed by atoms with E-state index in [2.05, 4.69) is 10.3 Å². The highest BCUT2D eigenvalue weighted by Crippen LogP contribution is 2.38. The summed E-state index contributed by atoms with van der Waals surface area (Å²) in [5, 5.41) is 4.08. The molecule has 1 aliphatic carbocycles. The summed E-state index contributed by atoms with van der Waals surface area (Å²) in [4.78, 5) is 61.2. The number of fused-ring (bicyclic) bond motifs is 2. The van der Waals surface area contributed by atoms with Crippen LogP contribution >= 0.6 is 0 Å². The number of ether oxygens (including phenoxy) is 2. The number of methoxy groups -OCH3 is 2. The Labute approximate surface area is 261 Å². The third-order valence-electron chi connectivity index (χ3n) is 9.03. The van der Waals surface area contributed by atoms with Crippen LogP contribution in [0.5, 0.6) is 11.5 Å². The second-order valence-electron chi connectivity index (χ2n) is 11.5. The number of benzene rings is 3. The Bertz CT molecular complexity index is 1740. The van der Waals surface area contributed by atoms with Crippen LogP contribution in [0.3, 0.4) is 0 Å². The van der Waals surface area contributed by atoms with Gasteiger partial charge < -0.3 is 24.7 Å². The predicted molar refractivity (Wildman–Crippen MR) is 170 cm³/mol. The second kappa shape index (κ2) is 12.5. The Morgan fingerprint density at radius 1 is 0.911 bits per heavy atom. The number of aromatic amines is 1. The molecule has 0 bridgehead atoms. The number of nitrogens with zero attached hydrogens (tertiary/aromatic N) is 2. The van der Waals surface area contributed by atoms with Crippen LogP contribution in [0.15, 0.2) is 72.9 Å². The zero-order chi connectivity index (χ0) is 31.6. The van der Waals surface area contributed by atoms with E-state index < -0.39 is 29.8 Å². The number of carbonyl (C=O) groups excluding carboxylic acids is 4. The van der Waals surface area contributed by atoms with Gasteiger partial charge in [-0.3, -0.25) is 24.1 Å². The van der Waals surface area contributed by atoms with Crippen molar-refractivity contribution in [3.63, 3.8) is 0 Å². The number of carbonyl (C=O) groups is 4. The number of amides is 4. The summed E-state index contributed by atoms with van der Waals surface area (Å²) in [5.74, 6) is -0.801. The highest BCUT2D eigenvalue weighted by Gasteiger charge is 2.48. The molecular weight excluding hydrogens is 572 g/mol. The van der Waals surface area contributed by atoms with Crippen LogP contribution < -0.4 is 14.8 Å². The molecule has 2 N–H and O–H groups in total. The number of H-pyrrole nitrogens is 1. The highest BCUT2D eigenvalue weighted by molar-refractivity contribution is 6.22. The number of nitrogens with one attached hydrogen (secondary N) is 2. The van der Waals surface area contributed by atoms with Crippen LogP contribution in [0.2, 0.25) is 0 Å². The molecule has 0 radical (unpaired) electrons. The fourth-order valence-electron chi connectivity index (χ4n) is 6.65. The van der Waals surface area contributed by atoms with E-state index in [0.29, 0.717) is 36.4 Å². The predicted octanol–water partition coefficient (Wildman–Crippen LogP) is 5.19. The minimum absolute atomic E-state index is 0.219. The molecule has 2 heterocycles. The van der Waals surface area contributed by atoms with Crippen molar-refractivity contribution >= 4 is 40.2 Å². The molecule has 1 aromatic heterocycles. The molecule has 1 saturated carbocycles. The first-order valence-electron chi connectivity index (χ1n) is 15.2. The maximum absolute atomic E-state index is 14.4. The zero-order valence-electron chi connectivity index (χ0n) is 25.4. The zero-order valence-corrected chi connectivity index (χ0v) is 25.4. The summed E-state index contributed by atoms with van der Waals surface area (Å²) in [6.45, 7) is -0.238. The summed E-state index contributed by atoms with van der Waals surface area (Å²) in [5.41, 5.74) is 1.79.